The highest BCUT2D eigenvalue weighted by atomic mass is 16.5. The van der Waals surface area contributed by atoms with E-state index in [1.54, 1.807) is 18.3 Å². The lowest BCUT2D eigenvalue weighted by Gasteiger charge is -2.17. The monoisotopic (exact) mass is 341 g/mol. The number of hydrogen-bond acceptors (Lipinski definition) is 5. The molecule has 2 amide bonds. The predicted molar refractivity (Wildman–Crippen MR) is 97.2 cm³/mol. The van der Waals surface area contributed by atoms with Gasteiger partial charge in [-0.2, -0.15) is 0 Å². The standard InChI is InChI=1S/C18H23N5O2/c1-2-25-17-15(6-4-11-20-17)23-18(24)21-12-9-14-8-7-13-5-3-10-19-16(13)22-14/h4,6-8,11H,2-3,5,9-10,12H2,1H3,(H,19,22)(H2,21,23,24). The highest BCUT2D eigenvalue weighted by Crippen LogP contribution is 2.21. The summed E-state index contributed by atoms with van der Waals surface area (Å²) in [6.07, 6.45) is 4.52. The van der Waals surface area contributed by atoms with Crippen LogP contribution in [-0.2, 0) is 12.8 Å². The van der Waals surface area contributed by atoms with Crippen molar-refractivity contribution in [3.8, 4) is 5.88 Å². The summed E-state index contributed by atoms with van der Waals surface area (Å²) >= 11 is 0. The summed E-state index contributed by atoms with van der Waals surface area (Å²) in [5.74, 6) is 1.40. The van der Waals surface area contributed by atoms with Gasteiger partial charge in [-0.3, -0.25) is 0 Å². The Morgan fingerprint density at radius 2 is 2.28 bits per heavy atom. The maximum Gasteiger partial charge on any atom is 0.319 e. The number of fused-ring (bicyclic) bond motifs is 1. The van der Waals surface area contributed by atoms with Gasteiger partial charge >= 0.3 is 6.03 Å². The van der Waals surface area contributed by atoms with Gasteiger partial charge in [-0.05, 0) is 43.5 Å². The fourth-order valence-electron chi connectivity index (χ4n) is 2.72. The van der Waals surface area contributed by atoms with Crippen molar-refractivity contribution < 1.29 is 9.53 Å². The van der Waals surface area contributed by atoms with E-state index in [4.69, 9.17) is 4.74 Å². The number of aromatic nitrogens is 2. The van der Waals surface area contributed by atoms with Crippen molar-refractivity contribution in [2.45, 2.75) is 26.2 Å². The lowest BCUT2D eigenvalue weighted by Crippen LogP contribution is -2.31. The van der Waals surface area contributed by atoms with E-state index in [1.165, 1.54) is 5.56 Å². The fraction of sp³-hybridized carbons (Fsp3) is 0.389. The molecule has 0 aromatic carbocycles. The van der Waals surface area contributed by atoms with Crippen molar-refractivity contribution in [2.75, 3.05) is 30.3 Å². The third-order valence-electron chi connectivity index (χ3n) is 3.92. The molecule has 1 aliphatic heterocycles. The summed E-state index contributed by atoms with van der Waals surface area (Å²) < 4.78 is 5.39. The number of urea groups is 1. The van der Waals surface area contributed by atoms with Gasteiger partial charge in [-0.1, -0.05) is 6.07 Å². The average Bonchev–Trinajstić information content (AvgIpc) is 2.63. The number of ether oxygens (including phenoxy) is 1. The number of amides is 2. The minimum Gasteiger partial charge on any atom is -0.476 e. The first-order valence-corrected chi connectivity index (χ1v) is 8.61. The zero-order chi connectivity index (χ0) is 17.5. The van der Waals surface area contributed by atoms with Gasteiger partial charge in [-0.15, -0.1) is 0 Å². The van der Waals surface area contributed by atoms with Gasteiger partial charge in [-0.25, -0.2) is 14.8 Å². The Kier molecular flexibility index (Phi) is 5.66. The first kappa shape index (κ1) is 17.0. The number of nitrogens with one attached hydrogen (secondary N) is 3. The number of carbonyl (C=O) groups is 1. The van der Waals surface area contributed by atoms with Gasteiger partial charge in [0, 0.05) is 31.4 Å². The lowest BCUT2D eigenvalue weighted by molar-refractivity contribution is 0.252. The topological polar surface area (TPSA) is 88.2 Å². The molecule has 2 aromatic heterocycles. The second-order valence-electron chi connectivity index (χ2n) is 5.76. The predicted octanol–water partition coefficient (Wildman–Crippen LogP) is 2.60. The number of hydrogen-bond donors (Lipinski definition) is 3. The SMILES string of the molecule is CCOc1ncccc1NC(=O)NCCc1ccc2c(n1)NCCC2. The van der Waals surface area contributed by atoms with Crippen LogP contribution in [0.5, 0.6) is 5.88 Å². The Morgan fingerprint density at radius 3 is 3.16 bits per heavy atom. The highest BCUT2D eigenvalue weighted by molar-refractivity contribution is 5.90. The van der Waals surface area contributed by atoms with Gasteiger partial charge in [0.1, 0.15) is 11.5 Å². The molecule has 7 nitrogen and oxygen atoms in total. The Labute approximate surface area is 147 Å². The average molecular weight is 341 g/mol. The molecule has 7 heteroatoms. The minimum absolute atomic E-state index is 0.287. The summed E-state index contributed by atoms with van der Waals surface area (Å²) in [4.78, 5) is 20.8. The van der Waals surface area contributed by atoms with E-state index in [-0.39, 0.29) is 6.03 Å². The molecule has 1 aliphatic rings. The minimum atomic E-state index is -0.287. The van der Waals surface area contributed by atoms with E-state index in [9.17, 15) is 4.79 Å². The molecule has 3 rings (SSSR count). The largest absolute Gasteiger partial charge is 0.476 e. The van der Waals surface area contributed by atoms with Crippen LogP contribution in [0.1, 0.15) is 24.6 Å². The second-order valence-corrected chi connectivity index (χ2v) is 5.76. The molecular weight excluding hydrogens is 318 g/mol. The maximum absolute atomic E-state index is 12.1. The summed E-state index contributed by atoms with van der Waals surface area (Å²) in [6.45, 7) is 3.84. The summed E-state index contributed by atoms with van der Waals surface area (Å²) in [5, 5.41) is 8.92. The molecule has 25 heavy (non-hydrogen) atoms. The van der Waals surface area contributed by atoms with Crippen LogP contribution >= 0.6 is 0 Å². The molecule has 2 aromatic rings. The van der Waals surface area contributed by atoms with E-state index in [1.807, 2.05) is 13.0 Å². The molecule has 0 unspecified atom stereocenters. The van der Waals surface area contributed by atoms with Crippen molar-refractivity contribution in [1.29, 1.82) is 0 Å². The molecule has 3 heterocycles. The van der Waals surface area contributed by atoms with Crippen molar-refractivity contribution >= 4 is 17.5 Å². The Balaban J connectivity index is 1.50. The molecule has 0 bridgehead atoms. The van der Waals surface area contributed by atoms with Crippen LogP contribution in [-0.4, -0.2) is 35.7 Å². The third-order valence-corrected chi connectivity index (χ3v) is 3.92. The number of pyridine rings is 2. The number of aryl methyl sites for hydroxylation is 1. The smallest absolute Gasteiger partial charge is 0.319 e. The molecule has 0 fully saturated rings. The molecule has 0 saturated carbocycles. The van der Waals surface area contributed by atoms with Crippen LogP contribution in [0, 0.1) is 0 Å². The summed E-state index contributed by atoms with van der Waals surface area (Å²) in [7, 11) is 0. The van der Waals surface area contributed by atoms with E-state index < -0.39 is 0 Å². The van der Waals surface area contributed by atoms with E-state index in [2.05, 4.69) is 32.0 Å². The molecular formula is C18H23N5O2. The first-order chi connectivity index (χ1) is 12.3. The normalized spacial score (nSPS) is 12.7. The Bertz CT molecular complexity index is 735. The van der Waals surface area contributed by atoms with Gasteiger partial charge in [0.25, 0.3) is 0 Å². The highest BCUT2D eigenvalue weighted by Gasteiger charge is 2.11. The van der Waals surface area contributed by atoms with Crippen LogP contribution in [0.3, 0.4) is 0 Å². The zero-order valence-electron chi connectivity index (χ0n) is 14.3. The van der Waals surface area contributed by atoms with E-state index in [0.29, 0.717) is 31.1 Å². The fourth-order valence-corrected chi connectivity index (χ4v) is 2.72. The first-order valence-electron chi connectivity index (χ1n) is 8.61. The van der Waals surface area contributed by atoms with Crippen molar-refractivity contribution in [2.24, 2.45) is 0 Å². The van der Waals surface area contributed by atoms with Crippen molar-refractivity contribution in [3.05, 3.63) is 41.7 Å². The van der Waals surface area contributed by atoms with Gasteiger partial charge in [0.05, 0.1) is 6.61 Å². The maximum atomic E-state index is 12.1. The zero-order valence-corrected chi connectivity index (χ0v) is 14.3. The Morgan fingerprint density at radius 1 is 1.36 bits per heavy atom. The quantitative estimate of drug-likeness (QED) is 0.752. The molecule has 3 N–H and O–H groups in total. The van der Waals surface area contributed by atoms with Gasteiger partial charge < -0.3 is 20.7 Å². The second kappa shape index (κ2) is 8.32. The van der Waals surface area contributed by atoms with Crippen LogP contribution in [0.4, 0.5) is 16.3 Å². The number of rotatable bonds is 6. The van der Waals surface area contributed by atoms with Crippen molar-refractivity contribution in [1.82, 2.24) is 15.3 Å². The van der Waals surface area contributed by atoms with Crippen molar-refractivity contribution in [3.63, 3.8) is 0 Å². The molecule has 132 valence electrons. The third kappa shape index (κ3) is 4.59. The summed E-state index contributed by atoms with van der Waals surface area (Å²) in [6, 6.07) is 7.37. The lowest BCUT2D eigenvalue weighted by atomic mass is 10.1. The molecule has 0 saturated heterocycles. The van der Waals surface area contributed by atoms with E-state index in [0.717, 1.165) is 30.9 Å². The van der Waals surface area contributed by atoms with E-state index >= 15 is 0 Å². The van der Waals surface area contributed by atoms with Crippen LogP contribution in [0.15, 0.2) is 30.5 Å². The van der Waals surface area contributed by atoms with Crippen LogP contribution in [0.25, 0.3) is 0 Å². The number of carbonyl (C=O) groups excluding carboxylic acids is 1. The van der Waals surface area contributed by atoms with Gasteiger partial charge in [0.15, 0.2) is 0 Å². The molecule has 0 spiro atoms. The Hall–Kier alpha value is -2.83. The summed E-state index contributed by atoms with van der Waals surface area (Å²) in [5.41, 5.74) is 2.78. The van der Waals surface area contributed by atoms with Gasteiger partial charge in [0.2, 0.25) is 5.88 Å². The molecule has 0 aliphatic carbocycles. The number of nitrogens with zero attached hydrogens (tertiary/aromatic N) is 2. The van der Waals surface area contributed by atoms with Crippen LogP contribution < -0.4 is 20.7 Å². The van der Waals surface area contributed by atoms with Crippen LogP contribution in [0.2, 0.25) is 0 Å². The number of anilines is 2. The molecule has 0 atom stereocenters. The molecule has 0 radical (unpaired) electrons.